The summed E-state index contributed by atoms with van der Waals surface area (Å²) < 4.78 is 0. The highest BCUT2D eigenvalue weighted by atomic mass is 14.9. The van der Waals surface area contributed by atoms with Gasteiger partial charge in [0.25, 0.3) is 0 Å². The van der Waals surface area contributed by atoms with Crippen LogP contribution in [0.5, 0.6) is 0 Å². The van der Waals surface area contributed by atoms with Gasteiger partial charge < -0.3 is 5.32 Å². The van der Waals surface area contributed by atoms with E-state index in [4.69, 9.17) is 0 Å². The second-order valence-corrected chi connectivity index (χ2v) is 6.12. The quantitative estimate of drug-likeness (QED) is 0.784. The molecule has 0 aromatic heterocycles. The minimum absolute atomic E-state index is 0.387. The maximum Gasteiger partial charge on any atom is 0.0297 e. The van der Waals surface area contributed by atoms with Gasteiger partial charge in [0.15, 0.2) is 0 Å². The lowest BCUT2D eigenvalue weighted by Crippen LogP contribution is -2.18. The van der Waals surface area contributed by atoms with Crippen LogP contribution >= 0.6 is 0 Å². The highest BCUT2D eigenvalue weighted by Crippen LogP contribution is 2.37. The van der Waals surface area contributed by atoms with Crippen molar-refractivity contribution in [2.75, 3.05) is 6.54 Å². The molecule has 1 atom stereocenters. The van der Waals surface area contributed by atoms with Crippen molar-refractivity contribution in [1.82, 2.24) is 5.32 Å². The van der Waals surface area contributed by atoms with Gasteiger partial charge in [-0.15, -0.1) is 0 Å². The van der Waals surface area contributed by atoms with Gasteiger partial charge in [-0.1, -0.05) is 61.9 Å². The second kappa shape index (κ2) is 6.44. The van der Waals surface area contributed by atoms with Crippen LogP contribution in [0.1, 0.15) is 56.2 Å². The largest absolute Gasteiger partial charge is 0.310 e. The minimum Gasteiger partial charge on any atom is -0.310 e. The van der Waals surface area contributed by atoms with E-state index in [1.165, 1.54) is 41.5 Å². The normalized spacial score (nSPS) is 16.5. The molecule has 2 aromatic rings. The van der Waals surface area contributed by atoms with Crippen molar-refractivity contribution in [2.45, 2.75) is 45.1 Å². The molecule has 0 bridgehead atoms. The average Bonchev–Trinajstić information content (AvgIpc) is 2.47. The first-order chi connectivity index (χ1) is 10.3. The van der Waals surface area contributed by atoms with Crippen molar-refractivity contribution < 1.29 is 0 Å². The van der Waals surface area contributed by atoms with Crippen molar-refractivity contribution in [3.8, 4) is 11.1 Å². The molecule has 0 spiro atoms. The van der Waals surface area contributed by atoms with E-state index in [1.807, 2.05) is 0 Å². The van der Waals surface area contributed by atoms with E-state index in [2.05, 4.69) is 67.7 Å². The van der Waals surface area contributed by atoms with Gasteiger partial charge >= 0.3 is 0 Å². The molecule has 1 nitrogen and oxygen atoms in total. The molecule has 1 fully saturated rings. The van der Waals surface area contributed by atoms with Crippen LogP contribution in [0.3, 0.4) is 0 Å². The summed E-state index contributed by atoms with van der Waals surface area (Å²) in [5.41, 5.74) is 5.59. The van der Waals surface area contributed by atoms with Crippen molar-refractivity contribution in [3.63, 3.8) is 0 Å². The van der Waals surface area contributed by atoms with Crippen LogP contribution in [0.25, 0.3) is 11.1 Å². The standard InChI is InChI=1S/C20H25N/c1-3-21-15(2)19-9-4-5-10-20(19)18-13-11-17(12-14-18)16-7-6-8-16/h4-5,9-16,21H,3,6-8H2,1-2H3. The molecular formula is C20H25N. The van der Waals surface area contributed by atoms with Crippen molar-refractivity contribution in [2.24, 2.45) is 0 Å². The van der Waals surface area contributed by atoms with Crippen LogP contribution in [0.4, 0.5) is 0 Å². The van der Waals surface area contributed by atoms with Gasteiger partial charge in [-0.3, -0.25) is 0 Å². The zero-order valence-corrected chi connectivity index (χ0v) is 13.1. The summed E-state index contributed by atoms with van der Waals surface area (Å²) in [6.07, 6.45) is 4.14. The Hall–Kier alpha value is -1.60. The highest BCUT2D eigenvalue weighted by Gasteiger charge is 2.19. The van der Waals surface area contributed by atoms with Crippen molar-refractivity contribution >= 4 is 0 Å². The maximum atomic E-state index is 3.52. The molecule has 2 aromatic carbocycles. The number of hydrogen-bond acceptors (Lipinski definition) is 1. The Balaban J connectivity index is 1.89. The summed E-state index contributed by atoms with van der Waals surface area (Å²) in [6.45, 7) is 5.40. The monoisotopic (exact) mass is 279 g/mol. The van der Waals surface area contributed by atoms with E-state index in [-0.39, 0.29) is 0 Å². The second-order valence-electron chi connectivity index (χ2n) is 6.12. The van der Waals surface area contributed by atoms with Gasteiger partial charge in [-0.05, 0) is 54.5 Å². The summed E-state index contributed by atoms with van der Waals surface area (Å²) in [5.74, 6) is 0.815. The van der Waals surface area contributed by atoms with Crippen molar-refractivity contribution in [3.05, 3.63) is 59.7 Å². The van der Waals surface area contributed by atoms with Crippen LogP contribution in [0, 0.1) is 0 Å². The molecule has 0 heterocycles. The van der Waals surface area contributed by atoms with Crippen molar-refractivity contribution in [1.29, 1.82) is 0 Å². The molecule has 1 heteroatoms. The third kappa shape index (κ3) is 3.03. The van der Waals surface area contributed by atoms with Gasteiger partial charge in [-0.25, -0.2) is 0 Å². The molecule has 110 valence electrons. The Morgan fingerprint density at radius 3 is 2.38 bits per heavy atom. The van der Waals surface area contributed by atoms with E-state index in [9.17, 15) is 0 Å². The van der Waals surface area contributed by atoms with Gasteiger partial charge in [0.05, 0.1) is 0 Å². The molecule has 1 unspecified atom stereocenters. The first-order valence-corrected chi connectivity index (χ1v) is 8.22. The van der Waals surface area contributed by atoms with Gasteiger partial charge in [0.2, 0.25) is 0 Å². The first kappa shape index (κ1) is 14.3. The molecule has 1 saturated carbocycles. The lowest BCUT2D eigenvalue weighted by atomic mass is 9.79. The summed E-state index contributed by atoms with van der Waals surface area (Å²) in [5, 5.41) is 3.52. The smallest absolute Gasteiger partial charge is 0.0297 e. The molecule has 3 rings (SSSR count). The van der Waals surface area contributed by atoms with Gasteiger partial charge in [-0.2, -0.15) is 0 Å². The van der Waals surface area contributed by atoms with E-state index >= 15 is 0 Å². The van der Waals surface area contributed by atoms with Crippen LogP contribution in [0.15, 0.2) is 48.5 Å². The Bertz CT molecular complexity index is 581. The third-order valence-electron chi connectivity index (χ3n) is 4.74. The fraction of sp³-hybridized carbons (Fsp3) is 0.400. The Kier molecular flexibility index (Phi) is 4.40. The molecular weight excluding hydrogens is 254 g/mol. The van der Waals surface area contributed by atoms with E-state index < -0.39 is 0 Å². The van der Waals surface area contributed by atoms with Crippen LogP contribution in [-0.4, -0.2) is 6.54 Å². The Morgan fingerprint density at radius 1 is 1.05 bits per heavy atom. The molecule has 1 N–H and O–H groups in total. The number of hydrogen-bond donors (Lipinski definition) is 1. The Labute approximate surface area is 128 Å². The fourth-order valence-electron chi connectivity index (χ4n) is 3.23. The molecule has 0 radical (unpaired) electrons. The molecule has 1 aliphatic rings. The average molecular weight is 279 g/mol. The van der Waals surface area contributed by atoms with E-state index in [0.717, 1.165) is 12.5 Å². The van der Waals surface area contributed by atoms with E-state index in [1.54, 1.807) is 0 Å². The molecule has 0 saturated heterocycles. The molecule has 0 aliphatic heterocycles. The highest BCUT2D eigenvalue weighted by molar-refractivity contribution is 5.68. The zero-order chi connectivity index (χ0) is 14.7. The van der Waals surface area contributed by atoms with Crippen LogP contribution in [0.2, 0.25) is 0 Å². The summed E-state index contributed by atoms with van der Waals surface area (Å²) in [4.78, 5) is 0. The molecule has 21 heavy (non-hydrogen) atoms. The number of benzene rings is 2. The topological polar surface area (TPSA) is 12.0 Å². The summed E-state index contributed by atoms with van der Waals surface area (Å²) in [7, 11) is 0. The van der Waals surface area contributed by atoms with E-state index in [0.29, 0.717) is 6.04 Å². The molecule has 1 aliphatic carbocycles. The predicted octanol–water partition coefficient (Wildman–Crippen LogP) is 5.29. The number of nitrogens with one attached hydrogen (secondary N) is 1. The maximum absolute atomic E-state index is 3.52. The van der Waals surface area contributed by atoms with Gasteiger partial charge in [0.1, 0.15) is 0 Å². The van der Waals surface area contributed by atoms with Crippen LogP contribution < -0.4 is 5.32 Å². The summed E-state index contributed by atoms with van der Waals surface area (Å²) in [6, 6.07) is 18.4. The minimum atomic E-state index is 0.387. The SMILES string of the molecule is CCNC(C)c1ccccc1-c1ccc(C2CCC2)cc1. The first-order valence-electron chi connectivity index (χ1n) is 8.22. The van der Waals surface area contributed by atoms with Crippen LogP contribution in [-0.2, 0) is 0 Å². The predicted molar refractivity (Wildman–Crippen MR) is 90.6 cm³/mol. The fourth-order valence-corrected chi connectivity index (χ4v) is 3.23. The number of rotatable bonds is 5. The molecule has 0 amide bonds. The van der Waals surface area contributed by atoms with Gasteiger partial charge in [0, 0.05) is 6.04 Å². The lowest BCUT2D eigenvalue weighted by Gasteiger charge is -2.26. The summed E-state index contributed by atoms with van der Waals surface area (Å²) >= 11 is 0. The lowest BCUT2D eigenvalue weighted by molar-refractivity contribution is 0.420. The third-order valence-corrected chi connectivity index (χ3v) is 4.74. The zero-order valence-electron chi connectivity index (χ0n) is 13.1. The Morgan fingerprint density at radius 2 is 1.76 bits per heavy atom.